The Hall–Kier alpha value is -1.51. The van der Waals surface area contributed by atoms with Gasteiger partial charge in [-0.25, -0.2) is 0 Å². The fourth-order valence-electron chi connectivity index (χ4n) is 2.00. The monoisotopic (exact) mass is 462 g/mol. The molecule has 142 valence electrons. The zero-order chi connectivity index (χ0) is 17.8. The fourth-order valence-corrected chi connectivity index (χ4v) is 2.00. The van der Waals surface area contributed by atoms with Crippen LogP contribution in [0.25, 0.3) is 0 Å². The van der Waals surface area contributed by atoms with Gasteiger partial charge in [0.2, 0.25) is 5.91 Å². The van der Waals surface area contributed by atoms with E-state index in [0.717, 1.165) is 24.7 Å². The molecular weight excluding hydrogens is 431 g/mol. The van der Waals surface area contributed by atoms with Crippen molar-refractivity contribution in [3.8, 4) is 5.75 Å². The van der Waals surface area contributed by atoms with Crippen LogP contribution in [0.2, 0.25) is 0 Å². The van der Waals surface area contributed by atoms with Crippen LogP contribution >= 0.6 is 24.0 Å². The van der Waals surface area contributed by atoms with Gasteiger partial charge in [-0.2, -0.15) is 0 Å². The largest absolute Gasteiger partial charge is 0.497 e. The number of nitrogens with zero attached hydrogens (tertiary/aromatic N) is 1. The number of carbonyl (C=O) groups is 1. The molecule has 0 unspecified atom stereocenters. The summed E-state index contributed by atoms with van der Waals surface area (Å²) >= 11 is 0. The first-order valence-corrected chi connectivity index (χ1v) is 8.49. The minimum Gasteiger partial charge on any atom is -0.497 e. The van der Waals surface area contributed by atoms with Crippen molar-refractivity contribution in [1.29, 1.82) is 0 Å². The third-order valence-corrected chi connectivity index (χ3v) is 3.41. The zero-order valence-corrected chi connectivity index (χ0v) is 17.9. The highest BCUT2D eigenvalue weighted by Crippen LogP contribution is 2.11. The Bertz CT molecular complexity index is 518. The molecule has 0 radical (unpaired) electrons. The van der Waals surface area contributed by atoms with Crippen molar-refractivity contribution in [2.45, 2.75) is 27.2 Å². The van der Waals surface area contributed by atoms with Crippen LogP contribution in [0.3, 0.4) is 0 Å². The number of carbonyl (C=O) groups excluding carboxylic acids is 1. The Kier molecular flexibility index (Phi) is 12.9. The maximum atomic E-state index is 11.5. The van der Waals surface area contributed by atoms with Crippen LogP contribution < -0.4 is 20.7 Å². The van der Waals surface area contributed by atoms with Gasteiger partial charge in [-0.15, -0.1) is 24.0 Å². The number of rotatable bonds is 9. The Balaban J connectivity index is 0.00000576. The molecule has 7 heteroatoms. The van der Waals surface area contributed by atoms with E-state index in [2.05, 4.69) is 33.1 Å². The molecule has 0 atom stereocenters. The number of nitrogens with one attached hydrogen (secondary N) is 3. The van der Waals surface area contributed by atoms with E-state index in [1.807, 2.05) is 32.9 Å². The van der Waals surface area contributed by atoms with Crippen molar-refractivity contribution >= 4 is 35.8 Å². The molecule has 3 N–H and O–H groups in total. The standard InChI is InChI=1S/C18H30N4O2.HI/c1-5-19-18(22-13-12-20-17(23)14(2)3)21-11-10-15-6-8-16(24-4)9-7-15;/h6-9,14H,5,10-13H2,1-4H3,(H,20,23)(H2,19,21,22);1H. The second-order valence-electron chi connectivity index (χ2n) is 5.73. The topological polar surface area (TPSA) is 74.8 Å². The van der Waals surface area contributed by atoms with E-state index in [1.54, 1.807) is 7.11 Å². The Labute approximate surface area is 168 Å². The molecular formula is C18H31IN4O2. The predicted molar refractivity (Wildman–Crippen MR) is 114 cm³/mol. The van der Waals surface area contributed by atoms with Crippen molar-refractivity contribution in [3.63, 3.8) is 0 Å². The van der Waals surface area contributed by atoms with Crippen LogP contribution in [0.4, 0.5) is 0 Å². The van der Waals surface area contributed by atoms with Gasteiger partial charge in [-0.05, 0) is 31.0 Å². The summed E-state index contributed by atoms with van der Waals surface area (Å²) < 4.78 is 5.15. The van der Waals surface area contributed by atoms with E-state index in [1.165, 1.54) is 5.56 Å². The van der Waals surface area contributed by atoms with Gasteiger partial charge in [-0.1, -0.05) is 26.0 Å². The molecule has 0 heterocycles. The van der Waals surface area contributed by atoms with Crippen LogP contribution in [-0.2, 0) is 11.2 Å². The minimum atomic E-state index is 0. The van der Waals surface area contributed by atoms with Crippen molar-refractivity contribution in [2.75, 3.05) is 33.3 Å². The summed E-state index contributed by atoms with van der Waals surface area (Å²) in [6, 6.07) is 8.02. The average molecular weight is 462 g/mol. The smallest absolute Gasteiger partial charge is 0.222 e. The summed E-state index contributed by atoms with van der Waals surface area (Å²) in [5, 5.41) is 9.30. The summed E-state index contributed by atoms with van der Waals surface area (Å²) in [6.45, 7) is 8.52. The SMILES string of the molecule is CCNC(=NCCc1ccc(OC)cc1)NCCNC(=O)C(C)C.I. The zero-order valence-electron chi connectivity index (χ0n) is 15.6. The van der Waals surface area contributed by atoms with Gasteiger partial charge in [0.05, 0.1) is 7.11 Å². The molecule has 1 aromatic rings. The number of benzene rings is 1. The lowest BCUT2D eigenvalue weighted by molar-refractivity contribution is -0.123. The molecule has 6 nitrogen and oxygen atoms in total. The highest BCUT2D eigenvalue weighted by atomic mass is 127. The van der Waals surface area contributed by atoms with Gasteiger partial charge in [0.15, 0.2) is 5.96 Å². The molecule has 0 saturated heterocycles. The average Bonchev–Trinajstić information content (AvgIpc) is 2.58. The highest BCUT2D eigenvalue weighted by molar-refractivity contribution is 14.0. The number of halogens is 1. The maximum absolute atomic E-state index is 11.5. The van der Waals surface area contributed by atoms with Gasteiger partial charge >= 0.3 is 0 Å². The first-order valence-electron chi connectivity index (χ1n) is 8.49. The highest BCUT2D eigenvalue weighted by Gasteiger charge is 2.05. The molecule has 0 spiro atoms. The maximum Gasteiger partial charge on any atom is 0.222 e. The van der Waals surface area contributed by atoms with Crippen molar-refractivity contribution < 1.29 is 9.53 Å². The Morgan fingerprint density at radius 3 is 2.32 bits per heavy atom. The van der Waals surface area contributed by atoms with Crippen molar-refractivity contribution in [3.05, 3.63) is 29.8 Å². The fraction of sp³-hybridized carbons (Fsp3) is 0.556. The van der Waals surface area contributed by atoms with E-state index in [-0.39, 0.29) is 35.8 Å². The van der Waals surface area contributed by atoms with Crippen LogP contribution in [0.1, 0.15) is 26.3 Å². The lowest BCUT2D eigenvalue weighted by Gasteiger charge is -2.12. The van der Waals surface area contributed by atoms with Crippen molar-refractivity contribution in [2.24, 2.45) is 10.9 Å². The van der Waals surface area contributed by atoms with E-state index < -0.39 is 0 Å². The number of methoxy groups -OCH3 is 1. The number of hydrogen-bond acceptors (Lipinski definition) is 3. The van der Waals surface area contributed by atoms with Crippen LogP contribution in [0, 0.1) is 5.92 Å². The minimum absolute atomic E-state index is 0. The Morgan fingerprint density at radius 1 is 1.12 bits per heavy atom. The summed E-state index contributed by atoms with van der Waals surface area (Å²) in [7, 11) is 1.66. The Morgan fingerprint density at radius 2 is 1.76 bits per heavy atom. The van der Waals surface area contributed by atoms with E-state index in [4.69, 9.17) is 4.74 Å². The number of aliphatic imine (C=N–C) groups is 1. The first-order chi connectivity index (χ1) is 11.6. The predicted octanol–water partition coefficient (Wildman–Crippen LogP) is 2.18. The molecule has 0 bridgehead atoms. The summed E-state index contributed by atoms with van der Waals surface area (Å²) in [6.07, 6.45) is 0.866. The van der Waals surface area contributed by atoms with Crippen LogP contribution in [-0.4, -0.2) is 45.2 Å². The summed E-state index contributed by atoms with van der Waals surface area (Å²) in [5.74, 6) is 1.71. The number of amides is 1. The quantitative estimate of drug-likeness (QED) is 0.228. The lowest BCUT2D eigenvalue weighted by atomic mass is 10.1. The second-order valence-corrected chi connectivity index (χ2v) is 5.73. The van der Waals surface area contributed by atoms with E-state index in [9.17, 15) is 4.79 Å². The summed E-state index contributed by atoms with van der Waals surface area (Å²) in [5.41, 5.74) is 1.22. The molecule has 0 aliphatic carbocycles. The van der Waals surface area contributed by atoms with Crippen LogP contribution in [0.15, 0.2) is 29.3 Å². The molecule has 0 aliphatic rings. The van der Waals surface area contributed by atoms with E-state index in [0.29, 0.717) is 19.6 Å². The first kappa shape index (κ1) is 23.5. The van der Waals surface area contributed by atoms with Gasteiger partial charge in [0.1, 0.15) is 5.75 Å². The lowest BCUT2D eigenvalue weighted by Crippen LogP contribution is -2.42. The third-order valence-electron chi connectivity index (χ3n) is 3.41. The number of guanidine groups is 1. The molecule has 0 aliphatic heterocycles. The third kappa shape index (κ3) is 10.2. The summed E-state index contributed by atoms with van der Waals surface area (Å²) in [4.78, 5) is 16.0. The van der Waals surface area contributed by atoms with Gasteiger partial charge < -0.3 is 20.7 Å². The molecule has 0 fully saturated rings. The molecule has 1 amide bonds. The molecule has 25 heavy (non-hydrogen) atoms. The molecule has 1 aromatic carbocycles. The van der Waals surface area contributed by atoms with Gasteiger partial charge in [-0.3, -0.25) is 9.79 Å². The van der Waals surface area contributed by atoms with Gasteiger partial charge in [0, 0.05) is 32.1 Å². The van der Waals surface area contributed by atoms with Gasteiger partial charge in [0.25, 0.3) is 0 Å². The second kappa shape index (κ2) is 13.7. The van der Waals surface area contributed by atoms with Crippen molar-refractivity contribution in [1.82, 2.24) is 16.0 Å². The molecule has 1 rings (SSSR count). The number of hydrogen-bond donors (Lipinski definition) is 3. The normalized spacial score (nSPS) is 10.8. The molecule has 0 aromatic heterocycles. The van der Waals surface area contributed by atoms with Crippen LogP contribution in [0.5, 0.6) is 5.75 Å². The number of ether oxygens (including phenoxy) is 1. The molecule has 0 saturated carbocycles. The van der Waals surface area contributed by atoms with E-state index >= 15 is 0 Å².